The summed E-state index contributed by atoms with van der Waals surface area (Å²) >= 11 is 0. The van der Waals surface area contributed by atoms with Crippen molar-refractivity contribution in [2.24, 2.45) is 0 Å². The van der Waals surface area contributed by atoms with E-state index in [9.17, 15) is 22.0 Å². The van der Waals surface area contributed by atoms with Crippen LogP contribution in [0.3, 0.4) is 0 Å². The second-order valence-electron chi connectivity index (χ2n) is 5.91. The van der Waals surface area contributed by atoms with Gasteiger partial charge in [-0.25, -0.2) is 21.9 Å². The molecule has 0 fully saturated rings. The van der Waals surface area contributed by atoms with Crippen LogP contribution < -0.4 is 14.8 Å². The van der Waals surface area contributed by atoms with Crippen molar-refractivity contribution in [1.82, 2.24) is 10.0 Å². The molecule has 2 aromatic rings. The van der Waals surface area contributed by atoms with Gasteiger partial charge in [0.15, 0.2) is 4.90 Å². The van der Waals surface area contributed by atoms with Gasteiger partial charge < -0.3 is 10.1 Å². The molecule has 2 aromatic carbocycles. The Balaban J connectivity index is 2.07. The summed E-state index contributed by atoms with van der Waals surface area (Å²) in [6.45, 7) is 2.92. The highest BCUT2D eigenvalue weighted by Gasteiger charge is 2.24. The number of sulfonamides is 1. The van der Waals surface area contributed by atoms with Crippen LogP contribution in [0.1, 0.15) is 24.1 Å². The molecule has 0 aliphatic rings. The molecule has 0 aliphatic heterocycles. The summed E-state index contributed by atoms with van der Waals surface area (Å²) in [4.78, 5) is 11.0. The number of hydrogen-bond donors (Lipinski definition) is 2. The molecule has 2 N–H and O–H groups in total. The average molecular weight is 398 g/mol. The van der Waals surface area contributed by atoms with E-state index in [1.54, 1.807) is 13.0 Å². The van der Waals surface area contributed by atoms with Gasteiger partial charge in [-0.1, -0.05) is 23.8 Å². The molecular weight excluding hydrogens is 378 g/mol. The first-order chi connectivity index (χ1) is 12.7. The molecule has 1 amide bonds. The quantitative estimate of drug-likeness (QED) is 0.750. The minimum atomic E-state index is -4.52. The number of methoxy groups -OCH3 is 1. The number of carbonyl (C=O) groups is 1. The summed E-state index contributed by atoms with van der Waals surface area (Å²) in [7, 11) is -3.02. The zero-order valence-corrected chi connectivity index (χ0v) is 15.9. The monoisotopic (exact) mass is 398 g/mol. The highest BCUT2D eigenvalue weighted by Crippen LogP contribution is 2.26. The van der Waals surface area contributed by atoms with Gasteiger partial charge in [-0.15, -0.1) is 0 Å². The summed E-state index contributed by atoms with van der Waals surface area (Å²) in [6.07, 6.45) is 0. The Bertz CT molecular complexity index is 928. The minimum absolute atomic E-state index is 0.470. The number of rotatable bonds is 7. The van der Waals surface area contributed by atoms with Gasteiger partial charge in [-0.05, 0) is 32.0 Å². The molecule has 0 saturated heterocycles. The highest BCUT2D eigenvalue weighted by atomic mass is 32.2. The molecule has 0 aliphatic carbocycles. The Morgan fingerprint density at radius 3 is 2.41 bits per heavy atom. The van der Waals surface area contributed by atoms with Crippen molar-refractivity contribution in [3.8, 4) is 5.75 Å². The Hall–Kier alpha value is -2.52. The van der Waals surface area contributed by atoms with Crippen molar-refractivity contribution >= 4 is 15.9 Å². The minimum Gasteiger partial charge on any atom is -0.496 e. The highest BCUT2D eigenvalue weighted by molar-refractivity contribution is 7.89. The number of amides is 1. The number of nitrogens with one attached hydrogen (secondary N) is 2. The summed E-state index contributed by atoms with van der Waals surface area (Å²) in [5.41, 5.74) is 1.68. The first kappa shape index (κ1) is 20.8. The van der Waals surface area contributed by atoms with Crippen LogP contribution in [0, 0.1) is 18.6 Å². The number of halogens is 2. The van der Waals surface area contributed by atoms with Gasteiger partial charge >= 0.3 is 0 Å². The lowest BCUT2D eigenvalue weighted by molar-refractivity contribution is -0.120. The van der Waals surface area contributed by atoms with Crippen LogP contribution in [-0.2, 0) is 14.8 Å². The first-order valence-corrected chi connectivity index (χ1v) is 9.51. The molecule has 6 nitrogen and oxygen atoms in total. The van der Waals surface area contributed by atoms with Crippen molar-refractivity contribution in [3.63, 3.8) is 0 Å². The average Bonchev–Trinajstić information content (AvgIpc) is 2.59. The molecule has 0 aromatic heterocycles. The summed E-state index contributed by atoms with van der Waals surface area (Å²) in [6, 6.07) is 7.68. The second kappa shape index (κ2) is 8.45. The maximum absolute atomic E-state index is 13.6. The molecule has 0 bridgehead atoms. The van der Waals surface area contributed by atoms with Crippen LogP contribution in [-0.4, -0.2) is 28.0 Å². The van der Waals surface area contributed by atoms with Crippen molar-refractivity contribution in [2.45, 2.75) is 24.8 Å². The van der Waals surface area contributed by atoms with E-state index in [4.69, 9.17) is 4.74 Å². The van der Waals surface area contributed by atoms with Crippen LogP contribution in [0.2, 0.25) is 0 Å². The number of hydrogen-bond acceptors (Lipinski definition) is 4. The SMILES string of the molecule is COc1ccc(C)cc1[C@H](C)NC(=O)CNS(=O)(=O)c1c(F)cccc1F. The standard InChI is InChI=1S/C18H20F2N2O4S/c1-11-7-8-16(26-3)13(9-11)12(2)22-17(23)10-21-27(24,25)18-14(19)5-4-6-15(18)20/h4-9,12,21H,10H2,1-3H3,(H,22,23)/t12-/m0/s1. The zero-order chi connectivity index (χ0) is 20.2. The molecule has 146 valence electrons. The first-order valence-electron chi connectivity index (χ1n) is 8.03. The van der Waals surface area contributed by atoms with Crippen LogP contribution >= 0.6 is 0 Å². The maximum atomic E-state index is 13.6. The maximum Gasteiger partial charge on any atom is 0.246 e. The second-order valence-corrected chi connectivity index (χ2v) is 7.61. The fraction of sp³-hybridized carbons (Fsp3) is 0.278. The predicted octanol–water partition coefficient (Wildman–Crippen LogP) is 2.44. The summed E-state index contributed by atoms with van der Waals surface area (Å²) in [5, 5.41) is 2.62. The Kier molecular flexibility index (Phi) is 6.50. The van der Waals surface area contributed by atoms with Gasteiger partial charge in [0.1, 0.15) is 17.4 Å². The number of ether oxygens (including phenoxy) is 1. The molecule has 0 heterocycles. The van der Waals surface area contributed by atoms with E-state index >= 15 is 0 Å². The zero-order valence-electron chi connectivity index (χ0n) is 15.0. The lowest BCUT2D eigenvalue weighted by Crippen LogP contribution is -2.38. The fourth-order valence-corrected chi connectivity index (χ4v) is 3.65. The summed E-state index contributed by atoms with van der Waals surface area (Å²) < 4.78 is 58.6. The van der Waals surface area contributed by atoms with Gasteiger partial charge in [0, 0.05) is 5.56 Å². The van der Waals surface area contributed by atoms with Crippen molar-refractivity contribution in [3.05, 3.63) is 59.2 Å². The Labute approximate surface area is 156 Å². The van der Waals surface area contributed by atoms with Crippen molar-refractivity contribution in [2.75, 3.05) is 13.7 Å². The van der Waals surface area contributed by atoms with E-state index in [0.717, 1.165) is 23.8 Å². The lowest BCUT2D eigenvalue weighted by Gasteiger charge is -2.18. The third-order valence-electron chi connectivity index (χ3n) is 3.84. The van der Waals surface area contributed by atoms with Crippen LogP contribution in [0.5, 0.6) is 5.75 Å². The smallest absolute Gasteiger partial charge is 0.246 e. The molecule has 0 unspecified atom stereocenters. The third-order valence-corrected chi connectivity index (χ3v) is 5.29. The van der Waals surface area contributed by atoms with Crippen LogP contribution in [0.15, 0.2) is 41.3 Å². The molecule has 27 heavy (non-hydrogen) atoms. The lowest BCUT2D eigenvalue weighted by atomic mass is 10.0. The van der Waals surface area contributed by atoms with E-state index in [-0.39, 0.29) is 0 Å². The van der Waals surface area contributed by atoms with E-state index in [2.05, 4.69) is 5.32 Å². The molecule has 0 spiro atoms. The number of benzene rings is 2. The summed E-state index contributed by atoms with van der Waals surface area (Å²) in [5.74, 6) is -2.56. The molecule has 9 heteroatoms. The van der Waals surface area contributed by atoms with Crippen LogP contribution in [0.25, 0.3) is 0 Å². The predicted molar refractivity (Wildman–Crippen MR) is 95.8 cm³/mol. The molecule has 0 saturated carbocycles. The van der Waals surface area contributed by atoms with Gasteiger partial charge in [0.2, 0.25) is 15.9 Å². The largest absolute Gasteiger partial charge is 0.496 e. The van der Waals surface area contributed by atoms with E-state index < -0.39 is 45.0 Å². The normalized spacial score (nSPS) is 12.5. The molecule has 1 atom stereocenters. The van der Waals surface area contributed by atoms with Crippen molar-refractivity contribution in [1.29, 1.82) is 0 Å². The van der Waals surface area contributed by atoms with Gasteiger partial charge in [0.25, 0.3) is 0 Å². The van der Waals surface area contributed by atoms with Gasteiger partial charge in [-0.3, -0.25) is 4.79 Å². The van der Waals surface area contributed by atoms with Gasteiger partial charge in [-0.2, -0.15) is 0 Å². The molecular formula is C18H20F2N2O4S. The van der Waals surface area contributed by atoms with E-state index in [0.29, 0.717) is 11.3 Å². The number of carbonyl (C=O) groups excluding carboxylic acids is 1. The Morgan fingerprint density at radius 2 is 1.81 bits per heavy atom. The van der Waals surface area contributed by atoms with Gasteiger partial charge in [0.05, 0.1) is 19.7 Å². The van der Waals surface area contributed by atoms with E-state index in [1.165, 1.54) is 7.11 Å². The fourth-order valence-electron chi connectivity index (χ4n) is 2.53. The van der Waals surface area contributed by atoms with Crippen LogP contribution in [0.4, 0.5) is 8.78 Å². The topological polar surface area (TPSA) is 84.5 Å². The Morgan fingerprint density at radius 1 is 1.19 bits per heavy atom. The third kappa shape index (κ3) is 5.01. The molecule has 2 rings (SSSR count). The molecule has 0 radical (unpaired) electrons. The van der Waals surface area contributed by atoms with E-state index in [1.807, 2.05) is 23.8 Å². The number of aryl methyl sites for hydroxylation is 1. The van der Waals surface area contributed by atoms with Crippen molar-refractivity contribution < 1.29 is 26.7 Å².